The third-order valence-corrected chi connectivity index (χ3v) is 10.5. The maximum absolute atomic E-state index is 16.9. The predicted octanol–water partition coefficient (Wildman–Crippen LogP) is 6.16. The summed E-state index contributed by atoms with van der Waals surface area (Å²) in [7, 11) is 1.82. The molecule has 1 saturated carbocycles. The molecule has 2 unspecified atom stereocenters. The summed E-state index contributed by atoms with van der Waals surface area (Å²) in [5.41, 5.74) is 1.70. The summed E-state index contributed by atoms with van der Waals surface area (Å²) in [4.78, 5) is 17.9. The monoisotopic (exact) mass is 681 g/mol. The van der Waals surface area contributed by atoms with Gasteiger partial charge in [-0.15, -0.1) is 0 Å². The minimum atomic E-state index is -4.95. The number of nitrogens with two attached hydrogens (primary N) is 1. The van der Waals surface area contributed by atoms with Crippen LogP contribution in [0.1, 0.15) is 57.4 Å². The number of nitrogens with one attached hydrogen (secondary N) is 1. The zero-order valence-corrected chi connectivity index (χ0v) is 26.9. The molecule has 1 aromatic carbocycles. The van der Waals surface area contributed by atoms with Gasteiger partial charge < -0.3 is 25.4 Å². The number of aromatic nitrogens is 3. The lowest BCUT2D eigenvalue weighted by molar-refractivity contribution is -0.137. The van der Waals surface area contributed by atoms with Crippen molar-refractivity contribution in [3.05, 3.63) is 28.5 Å². The Bertz CT molecular complexity index is 1710. The van der Waals surface area contributed by atoms with E-state index in [9.17, 15) is 17.6 Å². The fourth-order valence-electron chi connectivity index (χ4n) is 8.08. The van der Waals surface area contributed by atoms with Gasteiger partial charge in [-0.3, -0.25) is 4.90 Å². The van der Waals surface area contributed by atoms with Crippen LogP contribution in [0, 0.1) is 5.82 Å². The van der Waals surface area contributed by atoms with Gasteiger partial charge in [0.1, 0.15) is 40.8 Å². The van der Waals surface area contributed by atoms with E-state index in [0.717, 1.165) is 44.4 Å². The zero-order valence-electron chi connectivity index (χ0n) is 26.2. The van der Waals surface area contributed by atoms with Crippen LogP contribution in [0.4, 0.5) is 33.5 Å². The average molecular weight is 682 g/mol. The van der Waals surface area contributed by atoms with Gasteiger partial charge in [-0.1, -0.05) is 11.6 Å². The molecule has 254 valence electrons. The molecule has 47 heavy (non-hydrogen) atoms. The topological polar surface area (TPSA) is 102 Å². The van der Waals surface area contributed by atoms with Gasteiger partial charge in [0, 0.05) is 49.8 Å². The Morgan fingerprint density at radius 3 is 2.74 bits per heavy atom. The number of ether oxygens (including phenoxy) is 2. The Kier molecular flexibility index (Phi) is 8.07. The highest BCUT2D eigenvalue weighted by Crippen LogP contribution is 2.49. The molecule has 3 N–H and O–H groups in total. The largest absolute Gasteiger partial charge is 0.471 e. The lowest BCUT2D eigenvalue weighted by Gasteiger charge is -2.45. The summed E-state index contributed by atoms with van der Waals surface area (Å²) in [6, 6.07) is 1.78. The van der Waals surface area contributed by atoms with Gasteiger partial charge in [-0.25, -0.2) is 13.8 Å². The molecule has 5 heterocycles. The van der Waals surface area contributed by atoms with E-state index in [-0.39, 0.29) is 41.1 Å². The Hall–Kier alpha value is -3.23. The second-order valence-electron chi connectivity index (χ2n) is 13.5. The number of likely N-dealkylation sites (N-methyl/N-ethyl adjacent to an activating group) is 1. The quantitative estimate of drug-likeness (QED) is 0.224. The maximum atomic E-state index is 16.9. The molecule has 4 atom stereocenters. The van der Waals surface area contributed by atoms with Crippen molar-refractivity contribution in [2.45, 2.75) is 81.4 Å². The van der Waals surface area contributed by atoms with Crippen molar-refractivity contribution in [3.8, 4) is 23.1 Å². The van der Waals surface area contributed by atoms with E-state index in [1.165, 1.54) is 0 Å². The number of halogens is 6. The van der Waals surface area contributed by atoms with Crippen LogP contribution in [0.15, 0.2) is 12.1 Å². The first-order valence-electron chi connectivity index (χ1n) is 16.0. The first kappa shape index (κ1) is 32.3. The van der Waals surface area contributed by atoms with Gasteiger partial charge >= 0.3 is 12.2 Å². The number of hydrogen-bond acceptors (Lipinski definition) is 9. The molecule has 15 heteroatoms. The molecule has 2 saturated heterocycles. The summed E-state index contributed by atoms with van der Waals surface area (Å²) < 4.78 is 87.3. The van der Waals surface area contributed by atoms with E-state index in [2.05, 4.69) is 25.1 Å². The number of nitrogen functional groups attached to an aromatic ring is 1. The van der Waals surface area contributed by atoms with Crippen molar-refractivity contribution >= 4 is 34.0 Å². The smallest absolute Gasteiger partial charge is 0.418 e. The summed E-state index contributed by atoms with van der Waals surface area (Å²) in [6.07, 6.45) is -1.09. The molecule has 0 amide bonds. The Labute approximate surface area is 274 Å². The van der Waals surface area contributed by atoms with Crippen LogP contribution in [0.5, 0.6) is 11.9 Å². The second kappa shape index (κ2) is 11.7. The Balaban J connectivity index is 1.46. The number of hydrogen-bond donors (Lipinski definition) is 2. The summed E-state index contributed by atoms with van der Waals surface area (Å²) in [5.74, 6) is -0.888. The van der Waals surface area contributed by atoms with Crippen LogP contribution in [0.25, 0.3) is 22.2 Å². The summed E-state index contributed by atoms with van der Waals surface area (Å²) in [5, 5.41) is 2.61. The number of nitrogens with zero attached hydrogens (tertiary/aromatic N) is 5. The van der Waals surface area contributed by atoms with Crippen LogP contribution >= 0.6 is 11.6 Å². The number of alkyl halides is 4. The van der Waals surface area contributed by atoms with Crippen LogP contribution in [-0.4, -0.2) is 83.0 Å². The highest BCUT2D eigenvalue weighted by Gasteiger charge is 2.50. The van der Waals surface area contributed by atoms with Gasteiger partial charge in [0.25, 0.3) is 0 Å². The average Bonchev–Trinajstić information content (AvgIpc) is 3.51. The third-order valence-electron chi connectivity index (χ3n) is 10.2. The zero-order chi connectivity index (χ0) is 33.3. The fourth-order valence-corrected chi connectivity index (χ4v) is 8.41. The van der Waals surface area contributed by atoms with E-state index in [1.54, 1.807) is 0 Å². The number of benzene rings is 1. The van der Waals surface area contributed by atoms with E-state index >= 15 is 4.39 Å². The normalized spacial score (nSPS) is 27.4. The number of rotatable bonds is 7. The summed E-state index contributed by atoms with van der Waals surface area (Å²) in [6.45, 7) is 4.16. The van der Waals surface area contributed by atoms with Crippen molar-refractivity contribution in [1.29, 1.82) is 0 Å². The van der Waals surface area contributed by atoms with Crippen molar-refractivity contribution in [2.24, 2.45) is 0 Å². The molecule has 9 nitrogen and oxygen atoms in total. The highest BCUT2D eigenvalue weighted by atomic mass is 35.5. The van der Waals surface area contributed by atoms with E-state index in [4.69, 9.17) is 31.8 Å². The summed E-state index contributed by atoms with van der Waals surface area (Å²) >= 11 is 6.07. The molecule has 3 fully saturated rings. The van der Waals surface area contributed by atoms with Gasteiger partial charge in [-0.05, 0) is 64.8 Å². The molecule has 4 aliphatic rings. The molecule has 3 aliphatic heterocycles. The lowest BCUT2D eigenvalue weighted by atomic mass is 9.81. The molecule has 7 rings (SSSR count). The molecule has 3 aromatic rings. The van der Waals surface area contributed by atoms with Crippen molar-refractivity contribution in [1.82, 2.24) is 25.2 Å². The molecule has 2 aromatic heterocycles. The number of anilines is 2. The SMILES string of the molecule is CNCCN1c2nc(OC[C@@]34CCCN3C[C@H](F)C4)nc3c(F)c(-c4cc(N)cc(Cl)c4C(F)(F)F)nc(c23)OC2(C)CCCC1C2. The van der Waals surface area contributed by atoms with Crippen LogP contribution in [0.2, 0.25) is 5.02 Å². The van der Waals surface area contributed by atoms with Gasteiger partial charge in [-0.2, -0.15) is 23.1 Å². The Morgan fingerprint density at radius 2 is 1.98 bits per heavy atom. The van der Waals surface area contributed by atoms with Crippen LogP contribution in [0.3, 0.4) is 0 Å². The first-order valence-corrected chi connectivity index (χ1v) is 16.4. The fraction of sp³-hybridized carbons (Fsp3) is 0.594. The number of pyridine rings is 1. The van der Waals surface area contributed by atoms with E-state index in [0.29, 0.717) is 44.7 Å². The first-order chi connectivity index (χ1) is 22.3. The minimum absolute atomic E-state index is 0.0282. The molecule has 0 spiro atoms. The minimum Gasteiger partial charge on any atom is -0.471 e. The second-order valence-corrected chi connectivity index (χ2v) is 13.9. The van der Waals surface area contributed by atoms with E-state index < -0.39 is 51.1 Å². The van der Waals surface area contributed by atoms with Crippen molar-refractivity contribution in [2.75, 3.05) is 50.5 Å². The highest BCUT2D eigenvalue weighted by molar-refractivity contribution is 6.32. The molecule has 1 aliphatic carbocycles. The van der Waals surface area contributed by atoms with Gasteiger partial charge in [0.2, 0.25) is 5.88 Å². The molecule has 0 radical (unpaired) electrons. The molecular formula is C32H37ClF5N7O2. The molecule has 2 bridgehead atoms. The standard InChI is InChI=1S/C32H37ClF5N7O2/c1-30-6-3-5-19(14-30)45(10-8-40-2)27-22-26(42-29(43-27)46-16-31-7-4-9-44(31)15-17(34)13-31)24(35)25(41-28(22)47-30)20-11-18(39)12-21(33)23(20)32(36,37)38/h11-12,17,19,40H,3-10,13-16,39H2,1-2H3/t17-,19?,30?,31+/m1/s1. The van der Waals surface area contributed by atoms with Crippen LogP contribution in [-0.2, 0) is 6.18 Å². The van der Waals surface area contributed by atoms with Gasteiger partial charge in [0.15, 0.2) is 5.82 Å². The van der Waals surface area contributed by atoms with E-state index in [1.807, 2.05) is 14.0 Å². The van der Waals surface area contributed by atoms with Gasteiger partial charge in [0.05, 0.1) is 16.1 Å². The number of fused-ring (bicyclic) bond motifs is 3. The lowest BCUT2D eigenvalue weighted by Crippen LogP contribution is -2.50. The third kappa shape index (κ3) is 5.69. The molecular weight excluding hydrogens is 645 g/mol. The Morgan fingerprint density at radius 1 is 1.17 bits per heavy atom. The van der Waals surface area contributed by atoms with Crippen LogP contribution < -0.4 is 25.4 Å². The van der Waals surface area contributed by atoms with Crippen molar-refractivity contribution < 1.29 is 31.4 Å². The van der Waals surface area contributed by atoms with Crippen molar-refractivity contribution in [3.63, 3.8) is 0 Å². The predicted molar refractivity (Wildman–Crippen MR) is 168 cm³/mol. The maximum Gasteiger partial charge on any atom is 0.418 e.